The molecule has 1 aliphatic heterocycles. The van der Waals surface area contributed by atoms with Crippen LogP contribution in [0, 0.1) is 10.1 Å². The van der Waals surface area contributed by atoms with E-state index < -0.39 is 10.9 Å². The molecular formula is C14H12N2O4S. The van der Waals surface area contributed by atoms with Gasteiger partial charge in [0.15, 0.2) is 0 Å². The van der Waals surface area contributed by atoms with E-state index in [1.807, 2.05) is 18.2 Å². The smallest absolute Gasteiger partial charge is 0.352 e. The predicted octanol–water partition coefficient (Wildman–Crippen LogP) is 2.81. The van der Waals surface area contributed by atoms with E-state index in [2.05, 4.69) is 6.07 Å². The minimum Gasteiger partial charge on any atom is -0.477 e. The van der Waals surface area contributed by atoms with Gasteiger partial charge < -0.3 is 9.67 Å². The van der Waals surface area contributed by atoms with Gasteiger partial charge in [0, 0.05) is 22.8 Å². The van der Waals surface area contributed by atoms with Crippen LogP contribution in [-0.2, 0) is 13.0 Å². The van der Waals surface area contributed by atoms with Crippen molar-refractivity contribution in [3.8, 4) is 0 Å². The molecule has 1 aromatic heterocycles. The third-order valence-corrected chi connectivity index (χ3v) is 4.73. The van der Waals surface area contributed by atoms with E-state index in [0.717, 1.165) is 12.5 Å². The van der Waals surface area contributed by atoms with E-state index in [-0.39, 0.29) is 16.6 Å². The van der Waals surface area contributed by atoms with Gasteiger partial charge in [-0.15, -0.1) is 11.8 Å². The highest BCUT2D eigenvalue weighted by Crippen LogP contribution is 2.37. The Balaban J connectivity index is 1.83. The maximum absolute atomic E-state index is 11.2. The number of rotatable bonds is 4. The quantitative estimate of drug-likeness (QED) is 0.693. The van der Waals surface area contributed by atoms with Gasteiger partial charge >= 0.3 is 5.97 Å². The van der Waals surface area contributed by atoms with Crippen LogP contribution in [0.2, 0.25) is 0 Å². The molecule has 21 heavy (non-hydrogen) atoms. The highest BCUT2D eigenvalue weighted by atomic mass is 32.2. The fourth-order valence-electron chi connectivity index (χ4n) is 2.50. The first kappa shape index (κ1) is 13.7. The molecule has 0 spiro atoms. The van der Waals surface area contributed by atoms with E-state index in [4.69, 9.17) is 5.11 Å². The van der Waals surface area contributed by atoms with Crippen LogP contribution in [0.4, 0.5) is 5.69 Å². The lowest BCUT2D eigenvalue weighted by molar-refractivity contribution is -0.384. The molecule has 0 radical (unpaired) electrons. The normalized spacial score (nSPS) is 16.7. The van der Waals surface area contributed by atoms with Gasteiger partial charge in [-0.1, -0.05) is 18.2 Å². The van der Waals surface area contributed by atoms with Gasteiger partial charge in [0.1, 0.15) is 5.69 Å². The van der Waals surface area contributed by atoms with Crippen LogP contribution in [0.1, 0.15) is 16.1 Å². The monoisotopic (exact) mass is 304 g/mol. The topological polar surface area (TPSA) is 85.4 Å². The number of fused-ring (bicyclic) bond motifs is 1. The van der Waals surface area contributed by atoms with E-state index in [9.17, 15) is 14.9 Å². The second-order valence-electron chi connectivity index (χ2n) is 4.85. The molecule has 1 atom stereocenters. The third kappa shape index (κ3) is 2.64. The SMILES string of the molecule is O=C(O)c1cc([N+](=O)[O-])cn1CC1Cc2ccccc2S1. The van der Waals surface area contributed by atoms with Crippen LogP contribution in [0.15, 0.2) is 41.4 Å². The average Bonchev–Trinajstić information content (AvgIpc) is 3.02. The van der Waals surface area contributed by atoms with E-state index >= 15 is 0 Å². The molecule has 0 fully saturated rings. The Labute approximate surface area is 124 Å². The lowest BCUT2D eigenvalue weighted by Crippen LogP contribution is -2.16. The number of carboxylic acid groups (broad SMARTS) is 1. The number of hydrogen-bond acceptors (Lipinski definition) is 4. The Kier molecular flexibility index (Phi) is 3.42. The molecule has 108 valence electrons. The zero-order chi connectivity index (χ0) is 15.0. The van der Waals surface area contributed by atoms with Crippen LogP contribution in [0.5, 0.6) is 0 Å². The summed E-state index contributed by atoms with van der Waals surface area (Å²) in [6.45, 7) is 0.439. The zero-order valence-corrected chi connectivity index (χ0v) is 11.7. The van der Waals surface area contributed by atoms with E-state index in [1.54, 1.807) is 11.8 Å². The number of hydrogen-bond donors (Lipinski definition) is 1. The van der Waals surface area contributed by atoms with Gasteiger partial charge in [-0.3, -0.25) is 10.1 Å². The van der Waals surface area contributed by atoms with Crippen LogP contribution >= 0.6 is 11.8 Å². The molecule has 7 heteroatoms. The minimum atomic E-state index is -1.15. The minimum absolute atomic E-state index is 0.0433. The largest absolute Gasteiger partial charge is 0.477 e. The van der Waals surface area contributed by atoms with Crippen LogP contribution in [0.3, 0.4) is 0 Å². The van der Waals surface area contributed by atoms with E-state index in [1.165, 1.54) is 21.2 Å². The van der Waals surface area contributed by atoms with Crippen molar-refractivity contribution in [3.63, 3.8) is 0 Å². The van der Waals surface area contributed by atoms with Gasteiger partial charge in [-0.2, -0.15) is 0 Å². The summed E-state index contributed by atoms with van der Waals surface area (Å²) in [6, 6.07) is 9.15. The molecule has 0 amide bonds. The first-order valence-electron chi connectivity index (χ1n) is 6.37. The molecule has 2 heterocycles. The Morgan fingerprint density at radius 2 is 2.24 bits per heavy atom. The number of aromatic carboxylic acids is 1. The van der Waals surface area contributed by atoms with Gasteiger partial charge in [-0.25, -0.2) is 4.79 Å². The zero-order valence-electron chi connectivity index (χ0n) is 10.9. The summed E-state index contributed by atoms with van der Waals surface area (Å²) in [7, 11) is 0. The van der Waals surface area contributed by atoms with Crippen molar-refractivity contribution in [2.45, 2.75) is 23.1 Å². The van der Waals surface area contributed by atoms with E-state index in [0.29, 0.717) is 6.54 Å². The molecule has 1 unspecified atom stereocenters. The summed E-state index contributed by atoms with van der Waals surface area (Å²) in [6.07, 6.45) is 2.14. The van der Waals surface area contributed by atoms with Crippen molar-refractivity contribution in [1.82, 2.24) is 4.57 Å². The maximum atomic E-state index is 11.2. The summed E-state index contributed by atoms with van der Waals surface area (Å²) in [5, 5.41) is 20.1. The highest BCUT2D eigenvalue weighted by Gasteiger charge is 2.25. The molecule has 0 saturated carbocycles. The summed E-state index contributed by atoms with van der Waals surface area (Å²) in [5.41, 5.74) is 1.01. The standard InChI is InChI=1S/C14H12N2O4S/c17-14(18)12-6-10(16(19)20)7-15(12)8-11-5-9-3-1-2-4-13(9)21-11/h1-4,6-7,11H,5,8H2,(H,17,18). The van der Waals surface area contributed by atoms with Crippen molar-refractivity contribution in [1.29, 1.82) is 0 Å². The number of nitro groups is 1. The number of carboxylic acids is 1. The van der Waals surface area contributed by atoms with Crippen LogP contribution in [-0.4, -0.2) is 25.8 Å². The number of benzene rings is 1. The Hall–Kier alpha value is -2.28. The fourth-order valence-corrected chi connectivity index (χ4v) is 3.82. The Morgan fingerprint density at radius 3 is 2.90 bits per heavy atom. The second-order valence-corrected chi connectivity index (χ2v) is 6.19. The molecule has 1 aromatic carbocycles. The van der Waals surface area contributed by atoms with Crippen LogP contribution in [0.25, 0.3) is 0 Å². The van der Waals surface area contributed by atoms with Crippen LogP contribution < -0.4 is 0 Å². The van der Waals surface area contributed by atoms with Crippen molar-refractivity contribution in [2.24, 2.45) is 0 Å². The second kappa shape index (κ2) is 5.25. The number of aromatic nitrogens is 1. The summed E-state index contributed by atoms with van der Waals surface area (Å²) < 4.78 is 1.46. The summed E-state index contributed by atoms with van der Waals surface area (Å²) in [5.74, 6) is -1.15. The first-order valence-corrected chi connectivity index (χ1v) is 7.25. The molecule has 0 bridgehead atoms. The predicted molar refractivity (Wildman–Crippen MR) is 77.8 cm³/mol. The Bertz CT molecular complexity index is 701. The number of nitrogens with zero attached hydrogens (tertiary/aromatic N) is 2. The molecule has 0 aliphatic carbocycles. The van der Waals surface area contributed by atoms with Crippen molar-refractivity contribution in [2.75, 3.05) is 0 Å². The van der Waals surface area contributed by atoms with Crippen molar-refractivity contribution >= 4 is 23.4 Å². The molecule has 1 N–H and O–H groups in total. The van der Waals surface area contributed by atoms with Crippen molar-refractivity contribution in [3.05, 3.63) is 57.9 Å². The molecule has 6 nitrogen and oxygen atoms in total. The summed E-state index contributed by atoms with van der Waals surface area (Å²) >= 11 is 1.69. The Morgan fingerprint density at radius 1 is 1.48 bits per heavy atom. The van der Waals surface area contributed by atoms with Gasteiger partial charge in [-0.05, 0) is 18.1 Å². The molecule has 0 saturated heterocycles. The molecular weight excluding hydrogens is 292 g/mol. The summed E-state index contributed by atoms with van der Waals surface area (Å²) in [4.78, 5) is 22.6. The average molecular weight is 304 g/mol. The molecule has 1 aliphatic rings. The first-order chi connectivity index (χ1) is 10.0. The number of thioether (sulfide) groups is 1. The highest BCUT2D eigenvalue weighted by molar-refractivity contribution is 8.00. The third-order valence-electron chi connectivity index (χ3n) is 3.43. The lowest BCUT2D eigenvalue weighted by atomic mass is 10.1. The van der Waals surface area contributed by atoms with Crippen molar-refractivity contribution < 1.29 is 14.8 Å². The van der Waals surface area contributed by atoms with Gasteiger partial charge in [0.2, 0.25) is 0 Å². The lowest BCUT2D eigenvalue weighted by Gasteiger charge is -2.11. The molecule has 2 aromatic rings. The fraction of sp³-hybridized carbons (Fsp3) is 0.214. The number of carbonyl (C=O) groups is 1. The maximum Gasteiger partial charge on any atom is 0.352 e. The van der Waals surface area contributed by atoms with Gasteiger partial charge in [0.05, 0.1) is 11.1 Å². The van der Waals surface area contributed by atoms with Gasteiger partial charge in [0.25, 0.3) is 5.69 Å². The molecule has 3 rings (SSSR count).